The fourth-order valence-corrected chi connectivity index (χ4v) is 8.70. The van der Waals surface area contributed by atoms with E-state index in [4.69, 9.17) is 10.5 Å². The number of aryl methyl sites for hydroxylation is 2. The van der Waals surface area contributed by atoms with E-state index in [1.54, 1.807) is 6.07 Å². The Balaban J connectivity index is 1.44. The van der Waals surface area contributed by atoms with E-state index in [1.165, 1.54) is 0 Å². The molecule has 2 aliphatic carbocycles. The average Bonchev–Trinajstić information content (AvgIpc) is 2.84. The number of nitrogens with two attached hydrogens (primary N) is 1. The molecular formula is C32H40N4O3S. The summed E-state index contributed by atoms with van der Waals surface area (Å²) in [6.45, 7) is 9.05. The zero-order valence-corrected chi connectivity index (χ0v) is 24.7. The summed E-state index contributed by atoms with van der Waals surface area (Å²) in [4.78, 5) is 9.40. The van der Waals surface area contributed by atoms with Crippen molar-refractivity contribution in [2.45, 2.75) is 76.7 Å². The van der Waals surface area contributed by atoms with Crippen LogP contribution in [-0.4, -0.2) is 31.0 Å². The summed E-state index contributed by atoms with van der Waals surface area (Å²) in [5.74, 6) is 1.74. The van der Waals surface area contributed by atoms with Crippen molar-refractivity contribution < 1.29 is 13.2 Å². The summed E-state index contributed by atoms with van der Waals surface area (Å²) in [5, 5.41) is 0. The van der Waals surface area contributed by atoms with Crippen molar-refractivity contribution >= 4 is 16.0 Å². The predicted octanol–water partition coefficient (Wildman–Crippen LogP) is 6.22. The molecule has 3 aliphatic rings. The van der Waals surface area contributed by atoms with Crippen LogP contribution in [0.5, 0.6) is 5.88 Å². The van der Waals surface area contributed by atoms with Gasteiger partial charge in [-0.2, -0.15) is 4.98 Å². The number of hydrogen-bond acceptors (Lipinski definition) is 6. The van der Waals surface area contributed by atoms with E-state index >= 15 is 0 Å². The Morgan fingerprint density at radius 3 is 2.40 bits per heavy atom. The summed E-state index contributed by atoms with van der Waals surface area (Å²) in [5.41, 5.74) is 11.3. The van der Waals surface area contributed by atoms with Crippen LogP contribution >= 0.6 is 0 Å². The van der Waals surface area contributed by atoms with E-state index in [0.717, 1.165) is 54.4 Å². The second-order valence-corrected chi connectivity index (χ2v) is 14.6. The highest BCUT2D eigenvalue weighted by Gasteiger charge is 2.54. The molecule has 3 aromatic rings. The molecule has 0 amide bonds. The maximum atomic E-state index is 13.6. The van der Waals surface area contributed by atoms with E-state index in [0.29, 0.717) is 41.5 Å². The van der Waals surface area contributed by atoms with Gasteiger partial charge < -0.3 is 10.5 Å². The Morgan fingerprint density at radius 1 is 1.02 bits per heavy atom. The number of fused-ring (bicyclic) bond motifs is 4. The summed E-state index contributed by atoms with van der Waals surface area (Å²) in [6, 6.07) is 15.7. The van der Waals surface area contributed by atoms with Crippen molar-refractivity contribution in [3.63, 3.8) is 0 Å². The minimum atomic E-state index is -3.92. The van der Waals surface area contributed by atoms with Gasteiger partial charge in [-0.1, -0.05) is 44.2 Å². The SMILES string of the molecule is Cc1cccc(C)c1-c1cc2nc(n1)NS(=O)(=O)c1cccc(c1)C(C1CC3(CC(N)C3)C1)[C@H](CC(C)C)CO2. The van der Waals surface area contributed by atoms with Crippen molar-refractivity contribution in [2.24, 2.45) is 28.9 Å². The molecule has 1 aromatic heterocycles. The Labute approximate surface area is 238 Å². The molecule has 2 saturated carbocycles. The van der Waals surface area contributed by atoms with E-state index in [-0.39, 0.29) is 22.7 Å². The summed E-state index contributed by atoms with van der Waals surface area (Å²) in [6.07, 6.45) is 5.47. The van der Waals surface area contributed by atoms with Gasteiger partial charge in [0.1, 0.15) is 0 Å². The molecule has 2 atom stereocenters. The number of nitrogens with one attached hydrogen (secondary N) is 1. The molecule has 2 heterocycles. The normalized spacial score (nSPS) is 28.9. The Hall–Kier alpha value is -2.97. The largest absolute Gasteiger partial charge is 0.477 e. The first-order valence-electron chi connectivity index (χ1n) is 14.5. The molecule has 1 aliphatic heterocycles. The lowest BCUT2D eigenvalue weighted by atomic mass is 9.46. The van der Waals surface area contributed by atoms with Crippen LogP contribution in [-0.2, 0) is 10.0 Å². The van der Waals surface area contributed by atoms with Gasteiger partial charge in [0.2, 0.25) is 11.8 Å². The van der Waals surface area contributed by atoms with Crippen molar-refractivity contribution in [1.82, 2.24) is 9.97 Å². The van der Waals surface area contributed by atoms with Gasteiger partial charge in [0.25, 0.3) is 10.0 Å². The van der Waals surface area contributed by atoms with Crippen molar-refractivity contribution in [1.29, 1.82) is 0 Å². The Morgan fingerprint density at radius 2 is 1.73 bits per heavy atom. The molecule has 2 fully saturated rings. The monoisotopic (exact) mass is 560 g/mol. The topological polar surface area (TPSA) is 107 Å². The molecule has 3 N–H and O–H groups in total. The number of ether oxygens (including phenoxy) is 1. The molecule has 8 heteroatoms. The first-order valence-corrected chi connectivity index (χ1v) is 16.0. The standard InChI is InChI=1S/C32H40N4O3S/c1-19(2)11-23-18-39-28-13-27(29-20(3)7-5-8-21(29)4)34-31(35-28)36-40(37,38)26-10-6-9-22(12-26)30(23)24-14-32(15-24)16-25(33)17-32/h5-10,12-13,19,23-25,30H,11,14-18,33H2,1-4H3,(H,34,35,36)/t23-,24?,25?,30?,32?/m1/s1. The van der Waals surface area contributed by atoms with E-state index in [9.17, 15) is 8.42 Å². The number of anilines is 1. The highest BCUT2D eigenvalue weighted by Crippen LogP contribution is 2.62. The fourth-order valence-electron chi connectivity index (χ4n) is 7.70. The molecule has 7 nitrogen and oxygen atoms in total. The van der Waals surface area contributed by atoms with E-state index < -0.39 is 10.0 Å². The molecule has 1 spiro atoms. The van der Waals surface area contributed by atoms with E-state index in [2.05, 4.69) is 34.6 Å². The predicted molar refractivity (Wildman–Crippen MR) is 158 cm³/mol. The van der Waals surface area contributed by atoms with Crippen molar-refractivity contribution in [3.8, 4) is 17.1 Å². The lowest BCUT2D eigenvalue weighted by Gasteiger charge is -2.59. The number of nitrogens with zero attached hydrogens (tertiary/aromatic N) is 2. The zero-order chi connectivity index (χ0) is 28.2. The third-order valence-electron chi connectivity index (χ3n) is 9.23. The summed E-state index contributed by atoms with van der Waals surface area (Å²) < 4.78 is 36.4. The van der Waals surface area contributed by atoms with Gasteiger partial charge in [0.15, 0.2) is 0 Å². The van der Waals surface area contributed by atoms with Gasteiger partial charge in [-0.15, -0.1) is 0 Å². The van der Waals surface area contributed by atoms with Crippen LogP contribution < -0.4 is 15.2 Å². The van der Waals surface area contributed by atoms with Gasteiger partial charge in [0, 0.05) is 23.6 Å². The van der Waals surface area contributed by atoms with Crippen LogP contribution in [0.4, 0.5) is 5.95 Å². The third kappa shape index (κ3) is 5.12. The highest BCUT2D eigenvalue weighted by atomic mass is 32.2. The Kier molecular flexibility index (Phi) is 6.90. The van der Waals surface area contributed by atoms with Gasteiger partial charge in [-0.05, 0) is 97.9 Å². The molecular weight excluding hydrogens is 520 g/mol. The molecule has 0 radical (unpaired) electrons. The van der Waals surface area contributed by atoms with Crippen molar-refractivity contribution in [3.05, 3.63) is 65.2 Å². The maximum absolute atomic E-state index is 13.6. The molecule has 0 saturated heterocycles. The van der Waals surface area contributed by atoms with Gasteiger partial charge in [-0.25, -0.2) is 18.1 Å². The van der Waals surface area contributed by atoms with Crippen LogP contribution in [0.2, 0.25) is 0 Å². The highest BCUT2D eigenvalue weighted by molar-refractivity contribution is 7.92. The second-order valence-electron chi connectivity index (χ2n) is 12.9. The molecule has 40 heavy (non-hydrogen) atoms. The van der Waals surface area contributed by atoms with Crippen LogP contribution in [0.3, 0.4) is 0 Å². The minimum Gasteiger partial charge on any atom is -0.477 e. The van der Waals surface area contributed by atoms with Crippen LogP contribution in [0.15, 0.2) is 53.4 Å². The quantitative estimate of drug-likeness (QED) is 0.392. The number of hydrogen-bond donors (Lipinski definition) is 2. The third-order valence-corrected chi connectivity index (χ3v) is 10.6. The maximum Gasteiger partial charge on any atom is 0.264 e. The fraction of sp³-hybridized carbons (Fsp3) is 0.500. The van der Waals surface area contributed by atoms with E-state index in [1.807, 2.05) is 50.2 Å². The number of benzene rings is 2. The molecule has 6 rings (SSSR count). The zero-order valence-electron chi connectivity index (χ0n) is 23.9. The molecule has 4 bridgehead atoms. The van der Waals surface area contributed by atoms with Crippen LogP contribution in [0.25, 0.3) is 11.3 Å². The van der Waals surface area contributed by atoms with Gasteiger partial charge >= 0.3 is 0 Å². The second kappa shape index (κ2) is 10.1. The molecule has 212 valence electrons. The van der Waals surface area contributed by atoms with Crippen LogP contribution in [0, 0.1) is 37.0 Å². The lowest BCUT2D eigenvalue weighted by Crippen LogP contribution is -2.55. The number of sulfonamides is 1. The first-order chi connectivity index (χ1) is 19.0. The Bertz CT molecular complexity index is 1500. The summed E-state index contributed by atoms with van der Waals surface area (Å²) in [7, 11) is -3.92. The number of rotatable bonds is 4. The minimum absolute atomic E-state index is 0.0142. The molecule has 1 unspecified atom stereocenters. The van der Waals surface area contributed by atoms with Crippen molar-refractivity contribution in [2.75, 3.05) is 11.3 Å². The molecule has 2 aromatic carbocycles. The van der Waals surface area contributed by atoms with Gasteiger partial charge in [0.05, 0.1) is 17.2 Å². The van der Waals surface area contributed by atoms with Crippen LogP contribution in [0.1, 0.15) is 68.6 Å². The average molecular weight is 561 g/mol. The lowest BCUT2D eigenvalue weighted by molar-refractivity contribution is -0.0608. The number of aromatic nitrogens is 2. The van der Waals surface area contributed by atoms with Gasteiger partial charge in [-0.3, -0.25) is 0 Å². The summed E-state index contributed by atoms with van der Waals surface area (Å²) >= 11 is 0. The smallest absolute Gasteiger partial charge is 0.264 e. The first kappa shape index (κ1) is 27.2.